The van der Waals surface area contributed by atoms with Gasteiger partial charge >= 0.3 is 0 Å². The molecule has 0 saturated heterocycles. The van der Waals surface area contributed by atoms with Crippen LogP contribution >= 0.6 is 0 Å². The van der Waals surface area contributed by atoms with Crippen LogP contribution in [0, 0.1) is 6.92 Å². The molecule has 4 rings (SSSR count). The summed E-state index contributed by atoms with van der Waals surface area (Å²) in [6.45, 7) is 6.23. The van der Waals surface area contributed by atoms with Gasteiger partial charge in [0.1, 0.15) is 39.7 Å². The topological polar surface area (TPSA) is 122 Å². The number of rotatable bonds is 5. The number of ether oxygens (including phenoxy) is 2. The van der Waals surface area contributed by atoms with Crippen molar-refractivity contribution in [3.8, 4) is 23.0 Å². The molecule has 2 aromatic carbocycles. The second kappa shape index (κ2) is 8.06. The molecule has 0 bridgehead atoms. The Kier molecular flexibility index (Phi) is 5.47. The minimum Gasteiger partial charge on any atom is -0.507 e. The Hall–Kier alpha value is -4.07. The second-order valence-electron chi connectivity index (χ2n) is 8.59. The first-order valence-corrected chi connectivity index (χ1v) is 10.7. The smallest absolute Gasteiger partial charge is 0.194 e. The molecule has 0 saturated carbocycles. The molecule has 2 aliphatic rings. The summed E-state index contributed by atoms with van der Waals surface area (Å²) in [5.41, 5.74) is -0.320. The lowest BCUT2D eigenvalue weighted by molar-refractivity contribution is -0.123. The van der Waals surface area contributed by atoms with Gasteiger partial charge < -0.3 is 25.0 Å². The third-order valence-electron chi connectivity index (χ3n) is 6.48. The van der Waals surface area contributed by atoms with Gasteiger partial charge in [0.2, 0.25) is 0 Å². The third kappa shape index (κ3) is 3.25. The average Bonchev–Trinajstić information content (AvgIpc) is 3.09. The lowest BCUT2D eigenvalue weighted by atomic mass is 9.70. The van der Waals surface area contributed by atoms with Crippen LogP contribution in [0.25, 0.3) is 0 Å². The molecule has 1 aliphatic heterocycles. The van der Waals surface area contributed by atoms with Gasteiger partial charge in [-0.05, 0) is 45.4 Å². The van der Waals surface area contributed by atoms with Crippen LogP contribution in [0.5, 0.6) is 23.0 Å². The Morgan fingerprint density at radius 3 is 2.35 bits per heavy atom. The molecule has 0 radical (unpaired) electrons. The first-order valence-electron chi connectivity index (χ1n) is 10.7. The Morgan fingerprint density at radius 2 is 1.76 bits per heavy atom. The van der Waals surface area contributed by atoms with Crippen molar-refractivity contribution in [3.05, 3.63) is 69.6 Å². The number of hydrogen-bond donors (Lipinski definition) is 3. The number of allylic oxidation sites excluding steroid dienone is 4. The molecule has 34 heavy (non-hydrogen) atoms. The van der Waals surface area contributed by atoms with Gasteiger partial charge in [-0.2, -0.15) is 0 Å². The van der Waals surface area contributed by atoms with Gasteiger partial charge in [-0.1, -0.05) is 12.1 Å². The van der Waals surface area contributed by atoms with Gasteiger partial charge in [-0.3, -0.25) is 14.4 Å². The fraction of sp³-hybridized carbons (Fsp3) is 0.269. The van der Waals surface area contributed by atoms with Crippen LogP contribution in [0.1, 0.15) is 47.8 Å². The fourth-order valence-electron chi connectivity index (χ4n) is 4.43. The summed E-state index contributed by atoms with van der Waals surface area (Å²) in [5, 5.41) is 24.4. The van der Waals surface area contributed by atoms with Crippen molar-refractivity contribution in [2.45, 2.75) is 39.7 Å². The van der Waals surface area contributed by atoms with Crippen LogP contribution in [-0.2, 0) is 21.5 Å². The zero-order valence-corrected chi connectivity index (χ0v) is 19.5. The maximum Gasteiger partial charge on any atom is 0.194 e. The molecule has 0 spiro atoms. The van der Waals surface area contributed by atoms with Gasteiger partial charge in [0, 0.05) is 23.9 Å². The number of carbonyl (C=O) groups excluding carboxylic acids is 3. The number of methoxy groups -OCH3 is 1. The number of phenolic OH excluding ortho intramolecular Hbond substituents is 2. The monoisotopic (exact) mass is 463 g/mol. The molecule has 8 nitrogen and oxygen atoms in total. The predicted molar refractivity (Wildman–Crippen MR) is 123 cm³/mol. The Labute approximate surface area is 196 Å². The van der Waals surface area contributed by atoms with Gasteiger partial charge in [0.25, 0.3) is 0 Å². The number of Topliss-reactive ketones (excluding diaryl/α,β-unsaturated/α-hetero) is 2. The molecule has 3 N–H and O–H groups in total. The molecule has 1 atom stereocenters. The van der Waals surface area contributed by atoms with E-state index >= 15 is 0 Å². The van der Waals surface area contributed by atoms with E-state index in [9.17, 15) is 24.6 Å². The first kappa shape index (κ1) is 23.1. The SMILES string of the molecule is COc1ccc(CN/C(C)=C2\C(=O)C=C3Oc4c(C(C)=O)c(O)c(C)c(O)c4[C@]3(C)C2=O)cc1. The van der Waals surface area contributed by atoms with Crippen molar-refractivity contribution in [2.24, 2.45) is 0 Å². The number of aromatic hydroxyl groups is 2. The van der Waals surface area contributed by atoms with Crippen LogP contribution in [0.3, 0.4) is 0 Å². The minimum atomic E-state index is -1.53. The van der Waals surface area contributed by atoms with Gasteiger partial charge in [0.15, 0.2) is 17.3 Å². The van der Waals surface area contributed by atoms with E-state index in [1.807, 2.05) is 24.3 Å². The zero-order chi connectivity index (χ0) is 24.9. The molecular weight excluding hydrogens is 438 g/mol. The van der Waals surface area contributed by atoms with Gasteiger partial charge in [-0.25, -0.2) is 0 Å². The molecule has 1 heterocycles. The summed E-state index contributed by atoms with van der Waals surface area (Å²) in [4.78, 5) is 39.0. The quantitative estimate of drug-likeness (QED) is 0.351. The molecular formula is C26H25NO7. The molecule has 0 unspecified atom stereocenters. The molecule has 176 valence electrons. The van der Waals surface area contributed by atoms with Gasteiger partial charge in [0.05, 0.1) is 18.2 Å². The van der Waals surface area contributed by atoms with E-state index in [2.05, 4.69) is 5.32 Å². The molecule has 0 amide bonds. The van der Waals surface area contributed by atoms with Crippen molar-refractivity contribution < 1.29 is 34.1 Å². The van der Waals surface area contributed by atoms with E-state index in [0.29, 0.717) is 18.0 Å². The molecule has 1 aliphatic carbocycles. The van der Waals surface area contributed by atoms with Crippen molar-refractivity contribution in [1.29, 1.82) is 0 Å². The standard InChI is InChI=1S/C26H25NO7/c1-12-22(30)20(14(3)28)24-21(23(12)31)26(4)18(34-24)10-17(29)19(25(26)32)13(2)27-11-15-6-8-16(33-5)9-7-15/h6-10,27,30-31H,11H2,1-5H3/b19-13+/t26-/m1/s1. The average molecular weight is 463 g/mol. The number of ketones is 3. The number of phenols is 2. The molecule has 0 aromatic heterocycles. The summed E-state index contributed by atoms with van der Waals surface area (Å²) < 4.78 is 10.9. The number of carbonyl (C=O) groups is 3. The maximum absolute atomic E-state index is 13.8. The van der Waals surface area contributed by atoms with E-state index < -0.39 is 28.5 Å². The summed E-state index contributed by atoms with van der Waals surface area (Å²) in [5.74, 6) is -1.76. The van der Waals surface area contributed by atoms with Crippen molar-refractivity contribution >= 4 is 17.3 Å². The highest BCUT2D eigenvalue weighted by Gasteiger charge is 2.56. The van der Waals surface area contributed by atoms with Crippen LogP contribution in [0.15, 0.2) is 47.4 Å². The largest absolute Gasteiger partial charge is 0.507 e. The number of hydrogen-bond acceptors (Lipinski definition) is 8. The molecule has 0 fully saturated rings. The lowest BCUT2D eigenvalue weighted by Crippen LogP contribution is -2.41. The zero-order valence-electron chi connectivity index (χ0n) is 19.5. The maximum atomic E-state index is 13.8. The summed E-state index contributed by atoms with van der Waals surface area (Å²) in [6, 6.07) is 7.36. The highest BCUT2D eigenvalue weighted by atomic mass is 16.5. The summed E-state index contributed by atoms with van der Waals surface area (Å²) in [6.07, 6.45) is 1.20. The summed E-state index contributed by atoms with van der Waals surface area (Å²) in [7, 11) is 1.58. The molecule has 2 aromatic rings. The Morgan fingerprint density at radius 1 is 1.12 bits per heavy atom. The number of nitrogens with one attached hydrogen (secondary N) is 1. The second-order valence-corrected chi connectivity index (χ2v) is 8.59. The van der Waals surface area contributed by atoms with E-state index in [4.69, 9.17) is 9.47 Å². The van der Waals surface area contributed by atoms with Crippen LogP contribution < -0.4 is 14.8 Å². The lowest BCUT2D eigenvalue weighted by Gasteiger charge is -2.29. The Bertz CT molecular complexity index is 1320. The normalized spacial score (nSPS) is 20.2. The predicted octanol–water partition coefficient (Wildman–Crippen LogP) is 3.37. The minimum absolute atomic E-state index is 0.00649. The number of fused-ring (bicyclic) bond motifs is 3. The Balaban J connectivity index is 1.78. The van der Waals surface area contributed by atoms with Crippen LogP contribution in [0.2, 0.25) is 0 Å². The summed E-state index contributed by atoms with van der Waals surface area (Å²) >= 11 is 0. The molecule has 8 heteroatoms. The first-order chi connectivity index (χ1) is 16.0. The van der Waals surface area contributed by atoms with E-state index in [1.54, 1.807) is 14.0 Å². The van der Waals surface area contributed by atoms with Crippen molar-refractivity contribution in [3.63, 3.8) is 0 Å². The van der Waals surface area contributed by atoms with Crippen LogP contribution in [0.4, 0.5) is 0 Å². The van der Waals surface area contributed by atoms with E-state index in [0.717, 1.165) is 5.56 Å². The highest BCUT2D eigenvalue weighted by Crippen LogP contribution is 2.57. The van der Waals surface area contributed by atoms with Crippen molar-refractivity contribution in [2.75, 3.05) is 7.11 Å². The van der Waals surface area contributed by atoms with Crippen molar-refractivity contribution in [1.82, 2.24) is 5.32 Å². The fourth-order valence-corrected chi connectivity index (χ4v) is 4.43. The number of benzene rings is 2. The third-order valence-corrected chi connectivity index (χ3v) is 6.48. The van der Waals surface area contributed by atoms with Crippen LogP contribution in [-0.4, -0.2) is 34.7 Å². The van der Waals surface area contributed by atoms with Gasteiger partial charge in [-0.15, -0.1) is 0 Å². The van der Waals surface area contributed by atoms with E-state index in [-0.39, 0.29) is 39.5 Å². The van der Waals surface area contributed by atoms with E-state index in [1.165, 1.54) is 26.8 Å². The highest BCUT2D eigenvalue weighted by molar-refractivity contribution is 6.31.